The molecule has 0 spiro atoms. The van der Waals surface area contributed by atoms with Gasteiger partial charge in [0.05, 0.1) is 30.4 Å². The van der Waals surface area contributed by atoms with Gasteiger partial charge >= 0.3 is 5.97 Å². The van der Waals surface area contributed by atoms with Gasteiger partial charge < -0.3 is 4.74 Å². The summed E-state index contributed by atoms with van der Waals surface area (Å²) in [6, 6.07) is 8.13. The molecule has 0 aromatic heterocycles. The van der Waals surface area contributed by atoms with Crippen molar-refractivity contribution < 1.29 is 17.9 Å². The predicted octanol–water partition coefficient (Wildman–Crippen LogP) is 1.18. The van der Waals surface area contributed by atoms with Crippen LogP contribution in [0.2, 0.25) is 0 Å². The first-order valence-electron chi connectivity index (χ1n) is 6.33. The second kappa shape index (κ2) is 7.20. The van der Waals surface area contributed by atoms with Crippen molar-refractivity contribution in [1.82, 2.24) is 4.31 Å². The van der Waals surface area contributed by atoms with Gasteiger partial charge in [-0.25, -0.2) is 12.7 Å². The Labute approximate surface area is 125 Å². The van der Waals surface area contributed by atoms with Gasteiger partial charge in [-0.3, -0.25) is 4.79 Å². The van der Waals surface area contributed by atoms with E-state index in [-0.39, 0.29) is 17.9 Å². The summed E-state index contributed by atoms with van der Waals surface area (Å²) in [6.45, 7) is 1.64. The summed E-state index contributed by atoms with van der Waals surface area (Å²) in [4.78, 5) is 11.5. The fraction of sp³-hybridized carbons (Fsp3) is 0.429. The molecule has 0 fully saturated rings. The van der Waals surface area contributed by atoms with Gasteiger partial charge in [-0.2, -0.15) is 5.26 Å². The first-order chi connectivity index (χ1) is 9.82. The standard InChI is InChI=1S/C14H18N2O4S/c1-11(14(17)20-3)10-16(2)21(18,19)13-6-4-12(5-7-13)8-9-15/h4-7,11H,8,10H2,1-3H3. The van der Waals surface area contributed by atoms with Crippen LogP contribution in [0.25, 0.3) is 0 Å². The minimum absolute atomic E-state index is 0.0367. The molecule has 21 heavy (non-hydrogen) atoms. The van der Waals surface area contributed by atoms with Gasteiger partial charge in [0, 0.05) is 13.6 Å². The molecule has 7 heteroatoms. The van der Waals surface area contributed by atoms with Crippen molar-refractivity contribution in [2.24, 2.45) is 5.92 Å². The zero-order chi connectivity index (χ0) is 16.0. The van der Waals surface area contributed by atoms with E-state index in [1.807, 2.05) is 6.07 Å². The van der Waals surface area contributed by atoms with Crippen LogP contribution in [0.15, 0.2) is 29.2 Å². The number of sulfonamides is 1. The largest absolute Gasteiger partial charge is 0.469 e. The van der Waals surface area contributed by atoms with Crippen LogP contribution in [0.4, 0.5) is 0 Å². The van der Waals surface area contributed by atoms with Crippen molar-refractivity contribution in [3.05, 3.63) is 29.8 Å². The third-order valence-electron chi connectivity index (χ3n) is 3.05. The summed E-state index contributed by atoms with van der Waals surface area (Å²) in [5, 5.41) is 8.59. The lowest BCUT2D eigenvalue weighted by molar-refractivity contribution is -0.144. The van der Waals surface area contributed by atoms with E-state index in [4.69, 9.17) is 5.26 Å². The van der Waals surface area contributed by atoms with Gasteiger partial charge in [0.25, 0.3) is 0 Å². The Morgan fingerprint density at radius 1 is 1.38 bits per heavy atom. The molecule has 1 unspecified atom stereocenters. The van der Waals surface area contributed by atoms with Gasteiger partial charge in [-0.15, -0.1) is 0 Å². The molecular formula is C14H18N2O4S. The number of ether oxygens (including phenoxy) is 1. The van der Waals surface area contributed by atoms with Gasteiger partial charge in [-0.05, 0) is 17.7 Å². The summed E-state index contributed by atoms with van der Waals surface area (Å²) < 4.78 is 30.4. The average Bonchev–Trinajstić information content (AvgIpc) is 2.47. The minimum Gasteiger partial charge on any atom is -0.469 e. The van der Waals surface area contributed by atoms with Crippen molar-refractivity contribution in [2.45, 2.75) is 18.2 Å². The topological polar surface area (TPSA) is 87.5 Å². The Hall–Kier alpha value is -1.91. The van der Waals surface area contributed by atoms with Crippen LogP contribution in [0, 0.1) is 17.2 Å². The van der Waals surface area contributed by atoms with E-state index in [0.717, 1.165) is 9.87 Å². The number of hydrogen-bond acceptors (Lipinski definition) is 5. The van der Waals surface area contributed by atoms with E-state index >= 15 is 0 Å². The molecule has 114 valence electrons. The number of carbonyl (C=O) groups is 1. The average molecular weight is 310 g/mol. The number of nitrogens with zero attached hydrogens (tertiary/aromatic N) is 2. The number of hydrogen-bond donors (Lipinski definition) is 0. The van der Waals surface area contributed by atoms with E-state index < -0.39 is 21.9 Å². The monoisotopic (exact) mass is 310 g/mol. The van der Waals surface area contributed by atoms with E-state index in [2.05, 4.69) is 4.74 Å². The Balaban J connectivity index is 2.89. The van der Waals surface area contributed by atoms with Crippen molar-refractivity contribution >= 4 is 16.0 Å². The number of esters is 1. The highest BCUT2D eigenvalue weighted by Gasteiger charge is 2.25. The molecule has 0 bridgehead atoms. The highest BCUT2D eigenvalue weighted by molar-refractivity contribution is 7.89. The fourth-order valence-corrected chi connectivity index (χ4v) is 3.07. The van der Waals surface area contributed by atoms with Crippen LogP contribution in [-0.4, -0.2) is 39.4 Å². The van der Waals surface area contributed by atoms with Gasteiger partial charge in [-0.1, -0.05) is 19.1 Å². The lowest BCUT2D eigenvalue weighted by atomic mass is 10.2. The van der Waals surface area contributed by atoms with E-state index in [0.29, 0.717) is 0 Å². The normalized spacial score (nSPS) is 12.7. The van der Waals surface area contributed by atoms with Crippen molar-refractivity contribution in [3.8, 4) is 6.07 Å². The number of carbonyl (C=O) groups excluding carboxylic acids is 1. The molecule has 1 aromatic carbocycles. The number of nitriles is 1. The summed E-state index contributed by atoms with van der Waals surface area (Å²) in [7, 11) is -0.985. The van der Waals surface area contributed by atoms with E-state index in [1.165, 1.54) is 26.3 Å². The third-order valence-corrected chi connectivity index (χ3v) is 4.89. The third kappa shape index (κ3) is 4.28. The molecule has 0 aliphatic carbocycles. The molecule has 1 atom stereocenters. The van der Waals surface area contributed by atoms with Gasteiger partial charge in [0.1, 0.15) is 0 Å². The van der Waals surface area contributed by atoms with Gasteiger partial charge in [0.15, 0.2) is 0 Å². The SMILES string of the molecule is COC(=O)C(C)CN(C)S(=O)(=O)c1ccc(CC#N)cc1. The molecule has 1 rings (SSSR count). The highest BCUT2D eigenvalue weighted by Crippen LogP contribution is 2.17. The second-order valence-corrected chi connectivity index (χ2v) is 6.73. The molecule has 0 radical (unpaired) electrons. The quantitative estimate of drug-likeness (QED) is 0.736. The molecule has 0 aliphatic rings. The number of benzene rings is 1. The van der Waals surface area contributed by atoms with E-state index in [1.54, 1.807) is 19.1 Å². The molecule has 0 saturated carbocycles. The van der Waals surface area contributed by atoms with E-state index in [9.17, 15) is 13.2 Å². The molecule has 0 heterocycles. The zero-order valence-corrected chi connectivity index (χ0v) is 13.1. The second-order valence-electron chi connectivity index (χ2n) is 4.69. The maximum Gasteiger partial charge on any atom is 0.309 e. The van der Waals surface area contributed by atoms with Crippen molar-refractivity contribution in [3.63, 3.8) is 0 Å². The summed E-state index contributed by atoms with van der Waals surface area (Å²) in [5.74, 6) is -1.01. The molecule has 0 N–H and O–H groups in total. The smallest absolute Gasteiger partial charge is 0.309 e. The van der Waals surface area contributed by atoms with Crippen LogP contribution in [-0.2, 0) is 26.0 Å². The maximum absolute atomic E-state index is 12.4. The summed E-state index contributed by atoms with van der Waals surface area (Å²) in [5.41, 5.74) is 0.752. The molecule has 6 nitrogen and oxygen atoms in total. The Morgan fingerprint density at radius 3 is 2.43 bits per heavy atom. The zero-order valence-electron chi connectivity index (χ0n) is 12.2. The lowest BCUT2D eigenvalue weighted by Crippen LogP contribution is -2.34. The minimum atomic E-state index is -3.66. The van der Waals surface area contributed by atoms with Crippen LogP contribution < -0.4 is 0 Å². The number of methoxy groups -OCH3 is 1. The molecule has 0 amide bonds. The summed E-state index contributed by atoms with van der Waals surface area (Å²) >= 11 is 0. The van der Waals surface area contributed by atoms with Crippen molar-refractivity contribution in [1.29, 1.82) is 5.26 Å². The van der Waals surface area contributed by atoms with Crippen LogP contribution >= 0.6 is 0 Å². The van der Waals surface area contributed by atoms with Crippen LogP contribution in [0.1, 0.15) is 12.5 Å². The van der Waals surface area contributed by atoms with Crippen molar-refractivity contribution in [2.75, 3.05) is 20.7 Å². The highest BCUT2D eigenvalue weighted by atomic mass is 32.2. The Kier molecular flexibility index (Phi) is 5.88. The first kappa shape index (κ1) is 17.1. The lowest BCUT2D eigenvalue weighted by Gasteiger charge is -2.20. The Bertz CT molecular complexity index is 632. The molecule has 0 saturated heterocycles. The fourth-order valence-electron chi connectivity index (χ4n) is 1.81. The molecule has 1 aromatic rings. The summed E-state index contributed by atoms with van der Waals surface area (Å²) in [6.07, 6.45) is 0.232. The maximum atomic E-state index is 12.4. The predicted molar refractivity (Wildman–Crippen MR) is 76.8 cm³/mol. The first-order valence-corrected chi connectivity index (χ1v) is 7.77. The molecular weight excluding hydrogens is 292 g/mol. The van der Waals surface area contributed by atoms with Crippen LogP contribution in [0.5, 0.6) is 0 Å². The molecule has 0 aliphatic heterocycles. The number of rotatable bonds is 6. The van der Waals surface area contributed by atoms with Gasteiger partial charge in [0.2, 0.25) is 10.0 Å². The van der Waals surface area contributed by atoms with Crippen LogP contribution in [0.3, 0.4) is 0 Å². The Morgan fingerprint density at radius 2 is 1.95 bits per heavy atom.